The number of benzene rings is 2. The van der Waals surface area contributed by atoms with E-state index in [0.717, 1.165) is 31.2 Å². The molecule has 1 aliphatic carbocycles. The standard InChI is InChI=1S/C23H25F3O/c1-3-16-10-11-18(23(26)22(16)25)9-6-15-4-7-17(8-5-15)19-12-13-21(27-2)20(24)14-19/h6,9-15,17H,3-5,7-8H2,1-2H3. The molecule has 1 saturated carbocycles. The first-order chi connectivity index (χ1) is 13.0. The van der Waals surface area contributed by atoms with Crippen LogP contribution in [-0.4, -0.2) is 7.11 Å². The lowest BCUT2D eigenvalue weighted by Crippen LogP contribution is -2.12. The van der Waals surface area contributed by atoms with Gasteiger partial charge in [0.2, 0.25) is 0 Å². The molecule has 0 aliphatic heterocycles. The summed E-state index contributed by atoms with van der Waals surface area (Å²) in [5.74, 6) is -0.924. The maximum absolute atomic E-state index is 14.1. The minimum atomic E-state index is -0.770. The smallest absolute Gasteiger partial charge is 0.166 e. The van der Waals surface area contributed by atoms with E-state index in [1.807, 2.05) is 12.1 Å². The second-order valence-corrected chi connectivity index (χ2v) is 7.16. The number of ether oxygens (including phenoxy) is 1. The van der Waals surface area contributed by atoms with Crippen molar-refractivity contribution in [3.05, 3.63) is 70.5 Å². The Balaban J connectivity index is 1.62. The highest BCUT2D eigenvalue weighted by Gasteiger charge is 2.22. The Hall–Kier alpha value is -2.23. The summed E-state index contributed by atoms with van der Waals surface area (Å²) in [5, 5.41) is 0. The highest BCUT2D eigenvalue weighted by Crippen LogP contribution is 2.37. The first-order valence-corrected chi connectivity index (χ1v) is 9.52. The van der Waals surface area contributed by atoms with Crippen LogP contribution in [0.15, 0.2) is 36.4 Å². The van der Waals surface area contributed by atoms with Crippen LogP contribution in [0, 0.1) is 23.4 Å². The van der Waals surface area contributed by atoms with Crippen molar-refractivity contribution in [3.63, 3.8) is 0 Å². The fourth-order valence-electron chi connectivity index (χ4n) is 3.83. The molecule has 1 fully saturated rings. The third-order valence-corrected chi connectivity index (χ3v) is 5.54. The van der Waals surface area contributed by atoms with Gasteiger partial charge in [-0.2, -0.15) is 0 Å². The van der Waals surface area contributed by atoms with E-state index in [9.17, 15) is 13.2 Å². The number of rotatable bonds is 5. The zero-order chi connectivity index (χ0) is 19.4. The Labute approximate surface area is 158 Å². The highest BCUT2D eigenvalue weighted by atomic mass is 19.2. The SMILES string of the molecule is CCc1ccc(C=CC2CCC(c3ccc(OC)c(F)c3)CC2)c(F)c1F. The molecule has 0 aromatic heterocycles. The van der Waals surface area contributed by atoms with Gasteiger partial charge in [0.25, 0.3) is 0 Å². The van der Waals surface area contributed by atoms with Crippen LogP contribution in [0.4, 0.5) is 13.2 Å². The second kappa shape index (κ2) is 8.64. The lowest BCUT2D eigenvalue weighted by Gasteiger charge is -2.27. The van der Waals surface area contributed by atoms with Crippen LogP contribution in [0.25, 0.3) is 6.08 Å². The molecule has 0 atom stereocenters. The Bertz CT molecular complexity index is 821. The average molecular weight is 374 g/mol. The van der Waals surface area contributed by atoms with Gasteiger partial charge in [-0.05, 0) is 67.2 Å². The minimum absolute atomic E-state index is 0.263. The van der Waals surface area contributed by atoms with E-state index < -0.39 is 11.6 Å². The van der Waals surface area contributed by atoms with E-state index in [1.54, 1.807) is 37.3 Å². The number of methoxy groups -OCH3 is 1. The van der Waals surface area contributed by atoms with Crippen molar-refractivity contribution in [2.75, 3.05) is 7.11 Å². The molecule has 2 aromatic rings. The molecule has 144 valence electrons. The normalized spacial score (nSPS) is 20.2. The van der Waals surface area contributed by atoms with Crippen molar-refractivity contribution >= 4 is 6.08 Å². The molecule has 0 amide bonds. The molecule has 1 aliphatic rings. The maximum Gasteiger partial charge on any atom is 0.166 e. The van der Waals surface area contributed by atoms with Gasteiger partial charge in [0.1, 0.15) is 0 Å². The molecular weight excluding hydrogens is 349 g/mol. The molecular formula is C23H25F3O. The Morgan fingerprint density at radius 3 is 2.37 bits per heavy atom. The van der Waals surface area contributed by atoms with Crippen molar-refractivity contribution in [2.24, 2.45) is 5.92 Å². The fraction of sp³-hybridized carbons (Fsp3) is 0.391. The number of aryl methyl sites for hydroxylation is 1. The molecule has 0 radical (unpaired) electrons. The van der Waals surface area contributed by atoms with Crippen molar-refractivity contribution in [3.8, 4) is 5.75 Å². The topological polar surface area (TPSA) is 9.23 Å². The number of halogens is 3. The molecule has 4 heteroatoms. The largest absolute Gasteiger partial charge is 0.494 e. The van der Waals surface area contributed by atoms with Gasteiger partial charge in [-0.25, -0.2) is 13.2 Å². The molecule has 27 heavy (non-hydrogen) atoms. The van der Waals surface area contributed by atoms with Crippen LogP contribution < -0.4 is 4.74 Å². The first kappa shape index (κ1) is 19.5. The Kier molecular flexibility index (Phi) is 6.25. The third kappa shape index (κ3) is 4.37. The van der Waals surface area contributed by atoms with Crippen molar-refractivity contribution in [1.29, 1.82) is 0 Å². The molecule has 0 saturated heterocycles. The van der Waals surface area contributed by atoms with Crippen LogP contribution in [0.1, 0.15) is 55.2 Å². The van der Waals surface area contributed by atoms with E-state index in [1.165, 1.54) is 7.11 Å². The summed E-state index contributed by atoms with van der Waals surface area (Å²) in [6.45, 7) is 1.81. The second-order valence-electron chi connectivity index (χ2n) is 7.16. The average Bonchev–Trinajstić information content (AvgIpc) is 2.69. The summed E-state index contributed by atoms with van der Waals surface area (Å²) in [7, 11) is 1.46. The summed E-state index contributed by atoms with van der Waals surface area (Å²) in [5.41, 5.74) is 1.69. The van der Waals surface area contributed by atoms with Crippen LogP contribution in [0.5, 0.6) is 5.75 Å². The summed E-state index contributed by atoms with van der Waals surface area (Å²) in [4.78, 5) is 0. The molecule has 0 N–H and O–H groups in total. The maximum atomic E-state index is 14.1. The van der Waals surface area contributed by atoms with E-state index in [2.05, 4.69) is 0 Å². The van der Waals surface area contributed by atoms with Crippen LogP contribution >= 0.6 is 0 Å². The van der Waals surface area contributed by atoms with E-state index in [4.69, 9.17) is 4.74 Å². The van der Waals surface area contributed by atoms with Crippen LogP contribution in [-0.2, 0) is 6.42 Å². The number of hydrogen-bond donors (Lipinski definition) is 0. The Morgan fingerprint density at radius 1 is 1.00 bits per heavy atom. The van der Waals surface area contributed by atoms with Gasteiger partial charge in [0, 0.05) is 5.56 Å². The lowest BCUT2D eigenvalue weighted by atomic mass is 9.78. The van der Waals surface area contributed by atoms with Gasteiger partial charge in [-0.15, -0.1) is 0 Å². The number of hydrogen-bond acceptors (Lipinski definition) is 1. The summed E-state index contributed by atoms with van der Waals surface area (Å²) in [6, 6.07) is 8.45. The summed E-state index contributed by atoms with van der Waals surface area (Å²) in [6.07, 6.45) is 7.95. The van der Waals surface area contributed by atoms with E-state index in [0.29, 0.717) is 29.4 Å². The molecule has 1 nitrogen and oxygen atoms in total. The predicted molar refractivity (Wildman–Crippen MR) is 102 cm³/mol. The lowest BCUT2D eigenvalue weighted by molar-refractivity contribution is 0.370. The van der Waals surface area contributed by atoms with Gasteiger partial charge in [0.15, 0.2) is 23.2 Å². The van der Waals surface area contributed by atoms with Crippen LogP contribution in [0.3, 0.4) is 0 Å². The van der Waals surface area contributed by atoms with Crippen molar-refractivity contribution in [2.45, 2.75) is 44.9 Å². The molecule has 3 rings (SSSR count). The Morgan fingerprint density at radius 2 is 1.74 bits per heavy atom. The fourth-order valence-corrected chi connectivity index (χ4v) is 3.83. The quantitative estimate of drug-likeness (QED) is 0.568. The van der Waals surface area contributed by atoms with Gasteiger partial charge >= 0.3 is 0 Å². The molecule has 2 aromatic carbocycles. The van der Waals surface area contributed by atoms with E-state index in [-0.39, 0.29) is 11.6 Å². The van der Waals surface area contributed by atoms with Crippen LogP contribution in [0.2, 0.25) is 0 Å². The molecule has 0 bridgehead atoms. The summed E-state index contributed by atoms with van der Waals surface area (Å²) < 4.78 is 46.9. The van der Waals surface area contributed by atoms with Gasteiger partial charge in [-0.3, -0.25) is 0 Å². The first-order valence-electron chi connectivity index (χ1n) is 9.52. The minimum Gasteiger partial charge on any atom is -0.494 e. The highest BCUT2D eigenvalue weighted by molar-refractivity contribution is 5.51. The van der Waals surface area contributed by atoms with E-state index >= 15 is 0 Å². The molecule has 0 heterocycles. The third-order valence-electron chi connectivity index (χ3n) is 5.54. The molecule has 0 unspecified atom stereocenters. The predicted octanol–water partition coefficient (Wildman–Crippen LogP) is 6.66. The van der Waals surface area contributed by atoms with Gasteiger partial charge < -0.3 is 4.74 Å². The van der Waals surface area contributed by atoms with Gasteiger partial charge in [-0.1, -0.05) is 37.3 Å². The summed E-state index contributed by atoms with van der Waals surface area (Å²) >= 11 is 0. The zero-order valence-corrected chi connectivity index (χ0v) is 15.8. The molecule has 0 spiro atoms. The van der Waals surface area contributed by atoms with Crippen molar-refractivity contribution in [1.82, 2.24) is 0 Å². The number of allylic oxidation sites excluding steroid dienone is 1. The van der Waals surface area contributed by atoms with Crippen molar-refractivity contribution < 1.29 is 17.9 Å². The zero-order valence-electron chi connectivity index (χ0n) is 15.8. The van der Waals surface area contributed by atoms with Gasteiger partial charge in [0.05, 0.1) is 7.11 Å². The monoisotopic (exact) mass is 374 g/mol.